The lowest BCUT2D eigenvalue weighted by Gasteiger charge is -2.25. The van der Waals surface area contributed by atoms with Crippen molar-refractivity contribution >= 4 is 5.91 Å². The summed E-state index contributed by atoms with van der Waals surface area (Å²) in [6.07, 6.45) is 7.37. The van der Waals surface area contributed by atoms with Crippen molar-refractivity contribution < 1.29 is 23.7 Å². The van der Waals surface area contributed by atoms with E-state index in [0.29, 0.717) is 71.9 Å². The van der Waals surface area contributed by atoms with Crippen molar-refractivity contribution in [1.29, 1.82) is 0 Å². The van der Waals surface area contributed by atoms with Crippen LogP contribution in [0, 0.1) is 31.6 Å². The predicted molar refractivity (Wildman–Crippen MR) is 80.3 cm³/mol. The largest absolute Gasteiger partial charge is 0.377 e. The summed E-state index contributed by atoms with van der Waals surface area (Å²) >= 11 is 0. The molecule has 1 aliphatic carbocycles. The third-order valence-electron chi connectivity index (χ3n) is 3.32. The maximum atomic E-state index is 12.4. The average Bonchev–Trinajstić information content (AvgIpc) is 3.05. The summed E-state index contributed by atoms with van der Waals surface area (Å²) in [7, 11) is 0. The summed E-state index contributed by atoms with van der Waals surface area (Å²) < 4.78 is 21.8. The van der Waals surface area contributed by atoms with Gasteiger partial charge < -0.3 is 23.8 Å². The minimum absolute atomic E-state index is 0.00835. The smallest absolute Gasteiger partial charge is 0.230 e. The standard InChI is InChI=1S/C16H24NO5/c18-16(15-3-1-2-4-15)17-5-7-19-9-11-21-13-14-22-12-10-20-8-6-17/h1-4H,5-14H2. The Morgan fingerprint density at radius 3 is 1.59 bits per heavy atom. The lowest BCUT2D eigenvalue weighted by Crippen LogP contribution is -2.39. The van der Waals surface area contributed by atoms with E-state index in [9.17, 15) is 4.79 Å². The average molecular weight is 310 g/mol. The highest BCUT2D eigenvalue weighted by Gasteiger charge is 2.28. The van der Waals surface area contributed by atoms with Gasteiger partial charge in [-0.2, -0.15) is 0 Å². The number of carbonyl (C=O) groups excluding carboxylic acids is 1. The van der Waals surface area contributed by atoms with Crippen molar-refractivity contribution in [2.75, 3.05) is 65.9 Å². The number of amides is 1. The number of ether oxygens (including phenoxy) is 4. The maximum absolute atomic E-state index is 12.4. The van der Waals surface area contributed by atoms with Gasteiger partial charge in [0.1, 0.15) is 0 Å². The lowest BCUT2D eigenvalue weighted by molar-refractivity contribution is -0.130. The molecule has 6 nitrogen and oxygen atoms in total. The topological polar surface area (TPSA) is 57.2 Å². The summed E-state index contributed by atoms with van der Waals surface area (Å²) in [6.45, 7) is 5.32. The lowest BCUT2D eigenvalue weighted by atomic mass is 10.1. The Morgan fingerprint density at radius 1 is 0.727 bits per heavy atom. The first-order valence-electron chi connectivity index (χ1n) is 7.70. The van der Waals surface area contributed by atoms with Crippen LogP contribution in [-0.2, 0) is 23.7 Å². The van der Waals surface area contributed by atoms with Gasteiger partial charge >= 0.3 is 0 Å². The highest BCUT2D eigenvalue weighted by molar-refractivity contribution is 5.95. The second-order valence-electron chi connectivity index (χ2n) is 4.92. The van der Waals surface area contributed by atoms with E-state index in [1.807, 2.05) is 25.7 Å². The van der Waals surface area contributed by atoms with Crippen LogP contribution >= 0.6 is 0 Å². The molecule has 1 heterocycles. The molecule has 5 radical (unpaired) electrons. The fourth-order valence-corrected chi connectivity index (χ4v) is 2.13. The summed E-state index contributed by atoms with van der Waals surface area (Å²) in [5.41, 5.74) is 0. The molecule has 6 heteroatoms. The van der Waals surface area contributed by atoms with Crippen molar-refractivity contribution in [3.63, 3.8) is 0 Å². The van der Waals surface area contributed by atoms with Crippen LogP contribution in [-0.4, -0.2) is 76.8 Å². The molecule has 1 saturated carbocycles. The molecule has 0 unspecified atom stereocenters. The van der Waals surface area contributed by atoms with Gasteiger partial charge in [-0.15, -0.1) is 0 Å². The van der Waals surface area contributed by atoms with E-state index in [4.69, 9.17) is 18.9 Å². The Balaban J connectivity index is 1.78. The Morgan fingerprint density at radius 2 is 1.14 bits per heavy atom. The molecule has 2 fully saturated rings. The number of hydrogen-bond donors (Lipinski definition) is 0. The van der Waals surface area contributed by atoms with Crippen molar-refractivity contribution in [2.45, 2.75) is 0 Å². The van der Waals surface area contributed by atoms with Gasteiger partial charge in [0.2, 0.25) is 5.91 Å². The van der Waals surface area contributed by atoms with E-state index in [1.54, 1.807) is 4.90 Å². The van der Waals surface area contributed by atoms with Gasteiger partial charge in [0.15, 0.2) is 0 Å². The molecule has 2 aliphatic rings. The fourth-order valence-electron chi connectivity index (χ4n) is 2.13. The van der Waals surface area contributed by atoms with Crippen LogP contribution in [0.15, 0.2) is 0 Å². The molecule has 0 bridgehead atoms. The van der Waals surface area contributed by atoms with Crippen LogP contribution in [0.3, 0.4) is 0 Å². The molecule has 2 rings (SSSR count). The van der Waals surface area contributed by atoms with E-state index < -0.39 is 0 Å². The van der Waals surface area contributed by atoms with Crippen molar-refractivity contribution in [3.8, 4) is 0 Å². The van der Waals surface area contributed by atoms with E-state index in [-0.39, 0.29) is 5.91 Å². The van der Waals surface area contributed by atoms with Gasteiger partial charge in [-0.05, 0) is 25.7 Å². The zero-order valence-electron chi connectivity index (χ0n) is 12.9. The van der Waals surface area contributed by atoms with Crippen LogP contribution < -0.4 is 0 Å². The Labute approximate surface area is 133 Å². The second-order valence-corrected chi connectivity index (χ2v) is 4.92. The van der Waals surface area contributed by atoms with Crippen LogP contribution in [0.5, 0.6) is 0 Å². The normalized spacial score (nSPS) is 24.6. The quantitative estimate of drug-likeness (QED) is 0.697. The summed E-state index contributed by atoms with van der Waals surface area (Å²) in [5, 5.41) is 0. The van der Waals surface area contributed by atoms with Crippen LogP contribution in [0.2, 0.25) is 0 Å². The molecule has 1 amide bonds. The van der Waals surface area contributed by atoms with E-state index in [2.05, 4.69) is 0 Å². The number of rotatable bonds is 1. The SMILES string of the molecule is O=C([C]1[CH][CH][CH][CH]1)N1CCOCCOCCOCCOCC1. The highest BCUT2D eigenvalue weighted by atomic mass is 16.6. The summed E-state index contributed by atoms with van der Waals surface area (Å²) in [4.78, 5) is 14.2. The van der Waals surface area contributed by atoms with Crippen molar-refractivity contribution in [1.82, 2.24) is 4.90 Å². The highest BCUT2D eigenvalue weighted by Crippen LogP contribution is 2.24. The molecule has 0 N–H and O–H groups in total. The molecule has 1 saturated heterocycles. The molecule has 0 aromatic rings. The molecule has 22 heavy (non-hydrogen) atoms. The van der Waals surface area contributed by atoms with Gasteiger partial charge in [0.25, 0.3) is 0 Å². The molecule has 0 aromatic carbocycles. The number of carbonyl (C=O) groups is 1. The van der Waals surface area contributed by atoms with Gasteiger partial charge in [0.05, 0.1) is 58.8 Å². The molecule has 0 atom stereocenters. The number of hydrogen-bond acceptors (Lipinski definition) is 5. The first-order chi connectivity index (χ1) is 10.9. The van der Waals surface area contributed by atoms with Gasteiger partial charge in [-0.25, -0.2) is 0 Å². The Kier molecular flexibility index (Phi) is 8.78. The van der Waals surface area contributed by atoms with Crippen LogP contribution in [0.4, 0.5) is 0 Å². The third kappa shape index (κ3) is 6.60. The zero-order chi connectivity index (χ0) is 15.5. The predicted octanol–water partition coefficient (Wildman–Crippen LogP) is 0.300. The Bertz CT molecular complexity index is 291. The van der Waals surface area contributed by atoms with Gasteiger partial charge in [0, 0.05) is 13.1 Å². The fraction of sp³-hybridized carbons (Fsp3) is 0.625. The van der Waals surface area contributed by atoms with E-state index in [0.717, 1.165) is 0 Å². The molecule has 0 aromatic heterocycles. The van der Waals surface area contributed by atoms with Crippen molar-refractivity contribution in [3.05, 3.63) is 31.6 Å². The monoisotopic (exact) mass is 310 g/mol. The van der Waals surface area contributed by atoms with Gasteiger partial charge in [-0.3, -0.25) is 4.79 Å². The molecule has 123 valence electrons. The number of nitrogens with zero attached hydrogens (tertiary/aromatic N) is 1. The first-order valence-corrected chi connectivity index (χ1v) is 7.70. The summed E-state index contributed by atoms with van der Waals surface area (Å²) in [6, 6.07) is 0. The van der Waals surface area contributed by atoms with Crippen molar-refractivity contribution in [2.24, 2.45) is 0 Å². The first kappa shape index (κ1) is 17.7. The molecule has 1 aliphatic heterocycles. The third-order valence-corrected chi connectivity index (χ3v) is 3.32. The maximum Gasteiger partial charge on any atom is 0.230 e. The molecule has 0 spiro atoms. The minimum Gasteiger partial charge on any atom is -0.377 e. The van der Waals surface area contributed by atoms with E-state index in [1.165, 1.54) is 0 Å². The second kappa shape index (κ2) is 10.9. The molecular weight excluding hydrogens is 286 g/mol. The zero-order valence-corrected chi connectivity index (χ0v) is 12.9. The minimum atomic E-state index is 0.00835. The Hall–Kier alpha value is -0.690. The van der Waals surface area contributed by atoms with Crippen LogP contribution in [0.25, 0.3) is 0 Å². The molecular formula is C16H24NO5. The summed E-state index contributed by atoms with van der Waals surface area (Å²) in [5.74, 6) is 0.707. The van der Waals surface area contributed by atoms with E-state index >= 15 is 0 Å². The van der Waals surface area contributed by atoms with Crippen LogP contribution in [0.1, 0.15) is 0 Å². The van der Waals surface area contributed by atoms with Gasteiger partial charge in [-0.1, -0.05) is 0 Å².